The van der Waals surface area contributed by atoms with Gasteiger partial charge in [-0.15, -0.1) is 0 Å². The van der Waals surface area contributed by atoms with E-state index in [-0.39, 0.29) is 10.8 Å². The summed E-state index contributed by atoms with van der Waals surface area (Å²) in [4.78, 5) is 0. The fraction of sp³-hybridized carbons (Fsp3) is 0.400. The highest BCUT2D eigenvalue weighted by atomic mass is 31.2. The Kier molecular flexibility index (Phi) is 4.25. The zero-order valence-corrected chi connectivity index (χ0v) is 15.0. The average Bonchev–Trinajstić information content (AvgIpc) is 2.54. The first-order valence-electron chi connectivity index (χ1n) is 8.27. The molecular formula is C20H25O2P. The van der Waals surface area contributed by atoms with E-state index in [9.17, 15) is 9.67 Å². The summed E-state index contributed by atoms with van der Waals surface area (Å²) in [5, 5.41) is 11.5. The molecule has 0 aromatic heterocycles. The summed E-state index contributed by atoms with van der Waals surface area (Å²) in [5.74, 6) is 0. The third-order valence-electron chi connectivity index (χ3n) is 5.05. The first kappa shape index (κ1) is 16.5. The van der Waals surface area contributed by atoms with Crippen LogP contribution in [0.15, 0.2) is 54.6 Å². The van der Waals surface area contributed by atoms with E-state index in [1.807, 2.05) is 69.3 Å². The number of hydrogen-bond acceptors (Lipinski definition) is 2. The molecule has 2 nitrogen and oxygen atoms in total. The van der Waals surface area contributed by atoms with E-state index >= 15 is 0 Å². The topological polar surface area (TPSA) is 37.3 Å². The summed E-state index contributed by atoms with van der Waals surface area (Å²) >= 11 is 0. The maximum atomic E-state index is 14.3. The van der Waals surface area contributed by atoms with Gasteiger partial charge in [-0.05, 0) is 24.0 Å². The summed E-state index contributed by atoms with van der Waals surface area (Å²) in [7, 11) is -2.79. The lowest BCUT2D eigenvalue weighted by Crippen LogP contribution is -2.36. The molecule has 0 radical (unpaired) electrons. The Balaban J connectivity index is 2.12. The Bertz CT molecular complexity index is 731. The number of fused-ring (bicyclic) bond motifs is 1. The average molecular weight is 328 g/mol. The van der Waals surface area contributed by atoms with E-state index in [0.29, 0.717) is 0 Å². The molecule has 2 aromatic rings. The molecule has 1 aliphatic carbocycles. The minimum Gasteiger partial charge on any atom is -0.388 e. The van der Waals surface area contributed by atoms with Gasteiger partial charge in [-0.3, -0.25) is 0 Å². The van der Waals surface area contributed by atoms with Gasteiger partial charge in [0.05, 0.1) is 6.10 Å². The third kappa shape index (κ3) is 2.69. The molecule has 0 spiro atoms. The normalized spacial score (nSPS) is 23.8. The van der Waals surface area contributed by atoms with E-state index < -0.39 is 13.2 Å². The van der Waals surface area contributed by atoms with Crippen molar-refractivity contribution in [3.8, 4) is 0 Å². The van der Waals surface area contributed by atoms with Crippen molar-refractivity contribution >= 4 is 12.4 Å². The van der Waals surface area contributed by atoms with E-state index in [2.05, 4.69) is 6.07 Å². The van der Waals surface area contributed by atoms with Crippen LogP contribution < -0.4 is 5.30 Å². The van der Waals surface area contributed by atoms with Crippen molar-refractivity contribution in [1.29, 1.82) is 0 Å². The quantitative estimate of drug-likeness (QED) is 0.823. The second-order valence-electron chi connectivity index (χ2n) is 7.41. The molecule has 23 heavy (non-hydrogen) atoms. The highest BCUT2D eigenvalue weighted by Gasteiger charge is 2.49. The van der Waals surface area contributed by atoms with Gasteiger partial charge >= 0.3 is 0 Å². The molecule has 0 amide bonds. The largest absolute Gasteiger partial charge is 0.388 e. The minimum absolute atomic E-state index is 0.222. The van der Waals surface area contributed by atoms with Gasteiger partial charge in [-0.25, -0.2) is 0 Å². The molecule has 122 valence electrons. The molecule has 0 unspecified atom stereocenters. The van der Waals surface area contributed by atoms with Crippen molar-refractivity contribution < 1.29 is 9.67 Å². The van der Waals surface area contributed by atoms with Crippen LogP contribution in [-0.2, 0) is 11.0 Å². The zero-order chi connectivity index (χ0) is 16.7. The molecule has 0 saturated carbocycles. The van der Waals surface area contributed by atoms with Crippen molar-refractivity contribution in [2.24, 2.45) is 0 Å². The maximum absolute atomic E-state index is 14.3. The number of aliphatic hydroxyl groups is 1. The zero-order valence-electron chi connectivity index (χ0n) is 14.1. The maximum Gasteiger partial charge on any atom is 0.126 e. The molecule has 3 heteroatoms. The molecule has 0 fully saturated rings. The number of rotatable bonds is 2. The molecule has 0 saturated heterocycles. The van der Waals surface area contributed by atoms with Gasteiger partial charge in [-0.2, -0.15) is 0 Å². The second kappa shape index (κ2) is 5.92. The molecule has 0 aliphatic heterocycles. The van der Waals surface area contributed by atoms with Crippen LogP contribution in [0.5, 0.6) is 0 Å². The molecule has 3 atom stereocenters. The van der Waals surface area contributed by atoms with Crippen LogP contribution in [0.2, 0.25) is 0 Å². The molecule has 0 bridgehead atoms. The standard InChI is InChI=1S/C20H25O2P/c1-20(2,3)23(22,16-10-5-4-6-11-16)18-14-13-15-9-7-8-12-17(15)19(18)21/h4-12,18-19,21H,13-14H2,1-3H3/t18-,19-,23-/m0/s1. The first-order valence-corrected chi connectivity index (χ1v) is 10.0. The SMILES string of the molecule is CC(C)(C)[P@](=O)(c1ccccc1)[C@H]1CCc2ccccc2[C@@H]1O. The molecule has 3 rings (SSSR count). The molecule has 1 aliphatic rings. The summed E-state index contributed by atoms with van der Waals surface area (Å²) in [6, 6.07) is 17.8. The smallest absolute Gasteiger partial charge is 0.126 e. The minimum atomic E-state index is -2.79. The van der Waals surface area contributed by atoms with Gasteiger partial charge in [0.25, 0.3) is 0 Å². The van der Waals surface area contributed by atoms with Crippen molar-refractivity contribution in [3.05, 3.63) is 65.7 Å². The van der Waals surface area contributed by atoms with Gasteiger partial charge in [0.1, 0.15) is 7.14 Å². The summed E-state index contributed by atoms with van der Waals surface area (Å²) in [6.07, 6.45) is 0.983. The van der Waals surface area contributed by atoms with Gasteiger partial charge < -0.3 is 9.67 Å². The Morgan fingerprint density at radius 1 is 1.00 bits per heavy atom. The molecule has 2 aromatic carbocycles. The lowest BCUT2D eigenvalue weighted by molar-refractivity contribution is 0.158. The van der Waals surface area contributed by atoms with Crippen LogP contribution >= 0.6 is 7.14 Å². The van der Waals surface area contributed by atoms with Crippen LogP contribution in [0, 0.1) is 0 Å². The van der Waals surface area contributed by atoms with Crippen LogP contribution in [0.1, 0.15) is 44.4 Å². The number of aliphatic hydroxyl groups excluding tert-OH is 1. The van der Waals surface area contributed by atoms with Crippen LogP contribution in [0.4, 0.5) is 0 Å². The van der Waals surface area contributed by atoms with Crippen molar-refractivity contribution in [2.75, 3.05) is 0 Å². The van der Waals surface area contributed by atoms with Gasteiger partial charge in [0, 0.05) is 16.1 Å². The number of aryl methyl sites for hydroxylation is 1. The Morgan fingerprint density at radius 2 is 1.61 bits per heavy atom. The van der Waals surface area contributed by atoms with Gasteiger partial charge in [0.15, 0.2) is 0 Å². The fourth-order valence-corrected chi connectivity index (χ4v) is 7.64. The summed E-state index contributed by atoms with van der Waals surface area (Å²) < 4.78 is 14.3. The summed E-state index contributed by atoms with van der Waals surface area (Å²) in [5.41, 5.74) is 1.91. The first-order chi connectivity index (χ1) is 10.9. The van der Waals surface area contributed by atoms with Crippen LogP contribution in [-0.4, -0.2) is 15.9 Å². The molecule has 1 N–H and O–H groups in total. The van der Waals surface area contributed by atoms with Gasteiger partial charge in [-0.1, -0.05) is 75.4 Å². The predicted molar refractivity (Wildman–Crippen MR) is 96.9 cm³/mol. The number of hydrogen-bond donors (Lipinski definition) is 1. The summed E-state index contributed by atoms with van der Waals surface area (Å²) in [6.45, 7) is 6.11. The lowest BCUT2D eigenvalue weighted by atomic mass is 9.89. The Morgan fingerprint density at radius 3 is 2.26 bits per heavy atom. The monoisotopic (exact) mass is 328 g/mol. The van der Waals surface area contributed by atoms with Crippen LogP contribution in [0.25, 0.3) is 0 Å². The third-order valence-corrected chi connectivity index (χ3v) is 9.58. The highest BCUT2D eigenvalue weighted by Crippen LogP contribution is 2.65. The van der Waals surface area contributed by atoms with Crippen molar-refractivity contribution in [3.63, 3.8) is 0 Å². The van der Waals surface area contributed by atoms with Gasteiger partial charge in [0.2, 0.25) is 0 Å². The van der Waals surface area contributed by atoms with Crippen LogP contribution in [0.3, 0.4) is 0 Å². The highest BCUT2D eigenvalue weighted by molar-refractivity contribution is 7.73. The predicted octanol–water partition coefficient (Wildman–Crippen LogP) is 4.52. The molecule has 0 heterocycles. The number of benzene rings is 2. The second-order valence-corrected chi connectivity index (χ2v) is 11.3. The Labute approximate surface area is 138 Å². The molecular weight excluding hydrogens is 303 g/mol. The van der Waals surface area contributed by atoms with Crippen molar-refractivity contribution in [1.82, 2.24) is 0 Å². The fourth-order valence-electron chi connectivity index (χ4n) is 3.83. The Hall–Kier alpha value is -1.37. The van der Waals surface area contributed by atoms with E-state index in [0.717, 1.165) is 23.7 Å². The lowest BCUT2D eigenvalue weighted by Gasteiger charge is -2.42. The van der Waals surface area contributed by atoms with E-state index in [1.165, 1.54) is 5.56 Å². The van der Waals surface area contributed by atoms with E-state index in [4.69, 9.17) is 0 Å². The van der Waals surface area contributed by atoms with E-state index in [1.54, 1.807) is 0 Å². The van der Waals surface area contributed by atoms with Crippen molar-refractivity contribution in [2.45, 2.75) is 50.5 Å².